The molecular weight excluding hydrogens is 452 g/mol. The van der Waals surface area contributed by atoms with Crippen LogP contribution in [0, 0.1) is 17.9 Å². The van der Waals surface area contributed by atoms with E-state index in [9.17, 15) is 0 Å². The van der Waals surface area contributed by atoms with Crippen LogP contribution in [-0.4, -0.2) is 20.3 Å². The topological polar surface area (TPSA) is 18.5 Å². The van der Waals surface area contributed by atoms with Crippen molar-refractivity contribution in [2.75, 3.05) is 14.2 Å². The Bertz CT molecular complexity index is 938. The molecule has 2 atom stereocenters. The van der Waals surface area contributed by atoms with Gasteiger partial charge in [-0.25, -0.2) is 0 Å². The zero-order valence-corrected chi connectivity index (χ0v) is 25.1. The van der Waals surface area contributed by atoms with Crippen LogP contribution >= 0.6 is 0 Å². The Kier molecular flexibility index (Phi) is 9.65. The molecule has 0 bridgehead atoms. The average molecular weight is 506 g/mol. The molecule has 2 saturated carbocycles. The van der Waals surface area contributed by atoms with E-state index in [0.717, 1.165) is 5.76 Å². The maximum Gasteiger partial charge on any atom is 0.126 e. The van der Waals surface area contributed by atoms with Gasteiger partial charge in [-0.05, 0) is 88.7 Å². The predicted molar refractivity (Wildman–Crippen MR) is 156 cm³/mol. The van der Waals surface area contributed by atoms with Crippen LogP contribution in [0.5, 0.6) is 0 Å². The number of methoxy groups -OCH3 is 2. The molecule has 0 aliphatic heterocycles. The van der Waals surface area contributed by atoms with Crippen molar-refractivity contribution in [1.29, 1.82) is 0 Å². The van der Waals surface area contributed by atoms with Gasteiger partial charge in [0.2, 0.25) is 0 Å². The molecule has 3 aliphatic rings. The summed E-state index contributed by atoms with van der Waals surface area (Å²) in [7, 11) is 3.83. The first-order chi connectivity index (χ1) is 17.8. The van der Waals surface area contributed by atoms with Crippen molar-refractivity contribution in [3.8, 4) is 0 Å². The number of rotatable bonds is 8. The molecule has 4 rings (SSSR count). The van der Waals surface area contributed by atoms with Gasteiger partial charge in [-0.2, -0.15) is 0 Å². The minimum absolute atomic E-state index is 0.0406. The zero-order valence-electron chi connectivity index (χ0n) is 25.1. The van der Waals surface area contributed by atoms with Crippen LogP contribution in [0.15, 0.2) is 29.0 Å². The maximum atomic E-state index is 6.60. The van der Waals surface area contributed by atoms with E-state index >= 15 is 0 Å². The molecule has 2 unspecified atom stereocenters. The van der Waals surface area contributed by atoms with Crippen molar-refractivity contribution in [3.05, 3.63) is 57.4 Å². The fraction of sp³-hybridized carbons (Fsp3) is 0.714. The SMILES string of the molecule is COC1=[C]C(c2c(C(C)C)cc(C(C)C)cc2C(C)C)C(OC)C(C2CCCCC2)=C1C1CCCCC1. The first kappa shape index (κ1) is 28.5. The van der Waals surface area contributed by atoms with E-state index in [1.807, 2.05) is 14.2 Å². The fourth-order valence-electron chi connectivity index (χ4n) is 7.46. The van der Waals surface area contributed by atoms with Gasteiger partial charge in [-0.1, -0.05) is 92.2 Å². The molecule has 0 amide bonds. The van der Waals surface area contributed by atoms with E-state index in [1.165, 1.54) is 92.0 Å². The van der Waals surface area contributed by atoms with Gasteiger partial charge in [0, 0.05) is 19.1 Å². The molecule has 1 radical (unpaired) electrons. The van der Waals surface area contributed by atoms with Gasteiger partial charge < -0.3 is 9.47 Å². The van der Waals surface area contributed by atoms with Gasteiger partial charge in [-0.15, -0.1) is 0 Å². The summed E-state index contributed by atoms with van der Waals surface area (Å²) in [6.45, 7) is 14.0. The second kappa shape index (κ2) is 12.5. The summed E-state index contributed by atoms with van der Waals surface area (Å²) in [5.74, 6) is 3.69. The quantitative estimate of drug-likeness (QED) is 0.350. The van der Waals surface area contributed by atoms with E-state index in [0.29, 0.717) is 29.6 Å². The predicted octanol–water partition coefficient (Wildman–Crippen LogP) is 9.96. The van der Waals surface area contributed by atoms with Crippen LogP contribution in [0.25, 0.3) is 0 Å². The Balaban J connectivity index is 1.95. The zero-order chi connectivity index (χ0) is 26.7. The van der Waals surface area contributed by atoms with Gasteiger partial charge in [0.1, 0.15) is 5.76 Å². The van der Waals surface area contributed by atoms with E-state index in [1.54, 1.807) is 5.57 Å². The third-order valence-electron chi connectivity index (χ3n) is 9.46. The summed E-state index contributed by atoms with van der Waals surface area (Å²) in [4.78, 5) is 0. The van der Waals surface area contributed by atoms with Crippen LogP contribution < -0.4 is 0 Å². The lowest BCUT2D eigenvalue weighted by Gasteiger charge is -2.42. The smallest absolute Gasteiger partial charge is 0.126 e. The van der Waals surface area contributed by atoms with Crippen molar-refractivity contribution in [3.63, 3.8) is 0 Å². The molecule has 3 aliphatic carbocycles. The Morgan fingerprint density at radius 1 is 0.703 bits per heavy atom. The third-order valence-corrected chi connectivity index (χ3v) is 9.46. The first-order valence-electron chi connectivity index (χ1n) is 15.4. The van der Waals surface area contributed by atoms with Crippen molar-refractivity contribution in [2.24, 2.45) is 11.8 Å². The molecule has 205 valence electrons. The summed E-state index contributed by atoms with van der Waals surface area (Å²) in [5, 5.41) is 0. The lowest BCUT2D eigenvalue weighted by molar-refractivity contribution is 0.0947. The Labute approximate surface area is 228 Å². The molecule has 0 spiro atoms. The third kappa shape index (κ3) is 5.90. The van der Waals surface area contributed by atoms with Gasteiger partial charge in [0.15, 0.2) is 0 Å². The van der Waals surface area contributed by atoms with Crippen molar-refractivity contribution in [1.82, 2.24) is 0 Å². The van der Waals surface area contributed by atoms with E-state index in [2.05, 4.69) is 59.8 Å². The van der Waals surface area contributed by atoms with Crippen LogP contribution in [-0.2, 0) is 9.47 Å². The lowest BCUT2D eigenvalue weighted by atomic mass is 9.66. The van der Waals surface area contributed by atoms with Gasteiger partial charge in [0.25, 0.3) is 0 Å². The van der Waals surface area contributed by atoms with Crippen LogP contribution in [0.4, 0.5) is 0 Å². The molecule has 1 aromatic rings. The molecule has 0 saturated heterocycles. The summed E-state index contributed by atoms with van der Waals surface area (Å²) in [6, 6.07) is 4.97. The molecule has 0 N–H and O–H groups in total. The van der Waals surface area contributed by atoms with E-state index < -0.39 is 0 Å². The summed E-state index contributed by atoms with van der Waals surface area (Å²) >= 11 is 0. The van der Waals surface area contributed by atoms with E-state index in [-0.39, 0.29) is 12.0 Å². The maximum absolute atomic E-state index is 6.60. The van der Waals surface area contributed by atoms with Crippen molar-refractivity contribution in [2.45, 2.75) is 136 Å². The molecule has 1 aromatic carbocycles. The van der Waals surface area contributed by atoms with Crippen LogP contribution in [0.2, 0.25) is 0 Å². The number of benzene rings is 1. The number of ether oxygens (including phenoxy) is 2. The van der Waals surface area contributed by atoms with Crippen LogP contribution in [0.3, 0.4) is 0 Å². The molecule has 37 heavy (non-hydrogen) atoms. The van der Waals surface area contributed by atoms with Gasteiger partial charge in [-0.3, -0.25) is 0 Å². The normalized spacial score (nSPS) is 24.4. The second-order valence-electron chi connectivity index (χ2n) is 12.9. The minimum Gasteiger partial charge on any atom is -0.496 e. The average Bonchev–Trinajstić information content (AvgIpc) is 2.91. The molecule has 2 fully saturated rings. The lowest BCUT2D eigenvalue weighted by Crippen LogP contribution is -2.35. The minimum atomic E-state index is 0.0406. The second-order valence-corrected chi connectivity index (χ2v) is 12.9. The van der Waals surface area contributed by atoms with Crippen molar-refractivity contribution >= 4 is 0 Å². The Morgan fingerprint density at radius 2 is 1.22 bits per heavy atom. The number of allylic oxidation sites excluding steroid dienone is 1. The van der Waals surface area contributed by atoms with E-state index in [4.69, 9.17) is 9.47 Å². The highest BCUT2D eigenvalue weighted by atomic mass is 16.5. The van der Waals surface area contributed by atoms with Crippen molar-refractivity contribution < 1.29 is 9.47 Å². The highest BCUT2D eigenvalue weighted by molar-refractivity contribution is 5.52. The number of hydrogen-bond donors (Lipinski definition) is 0. The molecule has 0 heterocycles. The highest BCUT2D eigenvalue weighted by Crippen LogP contribution is 2.50. The standard InChI is InChI=1S/C35H53O2/c1-22(2)27-19-28(23(3)4)34(29(20-27)24(5)6)30-21-31(36-7)32(25-15-11-9-12-16-25)33(35(30)37-8)26-17-13-10-14-18-26/h19-20,22-26,30,35H,9-18H2,1-8H3. The molecule has 2 heteroatoms. The van der Waals surface area contributed by atoms with Gasteiger partial charge in [0.05, 0.1) is 13.2 Å². The monoisotopic (exact) mass is 505 g/mol. The summed E-state index contributed by atoms with van der Waals surface area (Å²) in [6.07, 6.45) is 17.2. The fourth-order valence-corrected chi connectivity index (χ4v) is 7.46. The van der Waals surface area contributed by atoms with Gasteiger partial charge >= 0.3 is 0 Å². The summed E-state index contributed by atoms with van der Waals surface area (Å²) < 4.78 is 12.9. The first-order valence-corrected chi connectivity index (χ1v) is 15.4. The largest absolute Gasteiger partial charge is 0.496 e. The molecule has 0 aromatic heterocycles. The molecule has 2 nitrogen and oxygen atoms in total. The van der Waals surface area contributed by atoms with Crippen LogP contribution in [0.1, 0.15) is 152 Å². The highest BCUT2D eigenvalue weighted by Gasteiger charge is 2.42. The summed E-state index contributed by atoms with van der Waals surface area (Å²) in [5.41, 5.74) is 8.89. The number of hydrogen-bond acceptors (Lipinski definition) is 2. The Hall–Kier alpha value is -1.54. The molecular formula is C35H53O2. The Morgan fingerprint density at radius 3 is 1.65 bits per heavy atom.